The van der Waals surface area contributed by atoms with Crippen LogP contribution >= 0.6 is 0 Å². The summed E-state index contributed by atoms with van der Waals surface area (Å²) in [5.74, 6) is -0.0413. The lowest BCUT2D eigenvalue weighted by Gasteiger charge is -2.11. The van der Waals surface area contributed by atoms with Gasteiger partial charge in [0.2, 0.25) is 5.91 Å². The first-order valence-electron chi connectivity index (χ1n) is 6.96. The van der Waals surface area contributed by atoms with E-state index in [9.17, 15) is 9.18 Å². The minimum Gasteiger partial charge on any atom is -0.494 e. The molecule has 1 saturated carbocycles. The Morgan fingerprint density at radius 1 is 1.50 bits per heavy atom. The van der Waals surface area contributed by atoms with Crippen molar-refractivity contribution in [3.8, 4) is 5.75 Å². The molecule has 0 heterocycles. The fourth-order valence-electron chi connectivity index (χ4n) is 2.59. The SMILES string of the molecule is COc1ccc(CCNC(=O)C2CCC(N)C2)cc1F. The predicted octanol–water partition coefficient (Wildman–Crippen LogP) is 1.62. The lowest BCUT2D eigenvalue weighted by atomic mass is 10.1. The molecule has 0 saturated heterocycles. The minimum atomic E-state index is -0.377. The zero-order valence-corrected chi connectivity index (χ0v) is 11.7. The number of ether oxygens (including phenoxy) is 1. The van der Waals surface area contributed by atoms with Crippen LogP contribution in [0.2, 0.25) is 0 Å². The Kier molecular flexibility index (Phi) is 4.95. The molecule has 1 amide bonds. The number of nitrogens with one attached hydrogen (secondary N) is 1. The number of halogens is 1. The van der Waals surface area contributed by atoms with E-state index in [-0.39, 0.29) is 29.4 Å². The second-order valence-electron chi connectivity index (χ2n) is 5.28. The van der Waals surface area contributed by atoms with Gasteiger partial charge >= 0.3 is 0 Å². The molecular formula is C15H21FN2O2. The summed E-state index contributed by atoms with van der Waals surface area (Å²) in [6.07, 6.45) is 3.15. The molecule has 0 radical (unpaired) electrons. The van der Waals surface area contributed by atoms with Crippen LogP contribution in [-0.2, 0) is 11.2 Å². The molecule has 1 aliphatic carbocycles. The van der Waals surface area contributed by atoms with E-state index in [0.717, 1.165) is 24.8 Å². The Balaban J connectivity index is 1.78. The van der Waals surface area contributed by atoms with Gasteiger partial charge in [0.05, 0.1) is 7.11 Å². The van der Waals surface area contributed by atoms with Crippen molar-refractivity contribution < 1.29 is 13.9 Å². The van der Waals surface area contributed by atoms with Crippen LogP contribution in [0.15, 0.2) is 18.2 Å². The summed E-state index contributed by atoms with van der Waals surface area (Å²) in [6, 6.07) is 5.00. The van der Waals surface area contributed by atoms with Crippen molar-refractivity contribution in [3.05, 3.63) is 29.6 Å². The van der Waals surface area contributed by atoms with E-state index < -0.39 is 0 Å². The first-order valence-corrected chi connectivity index (χ1v) is 6.96. The Labute approximate surface area is 118 Å². The van der Waals surface area contributed by atoms with E-state index in [1.165, 1.54) is 13.2 Å². The topological polar surface area (TPSA) is 64.3 Å². The van der Waals surface area contributed by atoms with Crippen molar-refractivity contribution >= 4 is 5.91 Å². The molecule has 1 aromatic rings. The van der Waals surface area contributed by atoms with Crippen molar-refractivity contribution in [2.45, 2.75) is 31.7 Å². The van der Waals surface area contributed by atoms with Crippen LogP contribution in [-0.4, -0.2) is 25.6 Å². The Hall–Kier alpha value is -1.62. The Bertz CT molecular complexity index is 479. The maximum Gasteiger partial charge on any atom is 0.223 e. The number of nitrogens with two attached hydrogens (primary N) is 1. The van der Waals surface area contributed by atoms with Gasteiger partial charge in [-0.25, -0.2) is 4.39 Å². The second-order valence-corrected chi connectivity index (χ2v) is 5.28. The van der Waals surface area contributed by atoms with Crippen molar-refractivity contribution in [3.63, 3.8) is 0 Å². The summed E-state index contributed by atoms with van der Waals surface area (Å²) < 4.78 is 18.4. The third-order valence-electron chi connectivity index (χ3n) is 3.77. The van der Waals surface area contributed by atoms with Crippen LogP contribution in [0.25, 0.3) is 0 Å². The molecule has 0 aromatic heterocycles. The van der Waals surface area contributed by atoms with Crippen LogP contribution in [0.4, 0.5) is 4.39 Å². The van der Waals surface area contributed by atoms with Crippen molar-refractivity contribution in [2.75, 3.05) is 13.7 Å². The van der Waals surface area contributed by atoms with Crippen LogP contribution < -0.4 is 15.8 Å². The van der Waals surface area contributed by atoms with Gasteiger partial charge in [0.25, 0.3) is 0 Å². The lowest BCUT2D eigenvalue weighted by molar-refractivity contribution is -0.124. The van der Waals surface area contributed by atoms with E-state index >= 15 is 0 Å². The number of carbonyl (C=O) groups is 1. The summed E-state index contributed by atoms with van der Waals surface area (Å²) in [5, 5.41) is 2.89. The molecule has 1 aromatic carbocycles. The molecule has 3 N–H and O–H groups in total. The third-order valence-corrected chi connectivity index (χ3v) is 3.77. The fourth-order valence-corrected chi connectivity index (χ4v) is 2.59. The van der Waals surface area contributed by atoms with Gasteiger partial charge in [-0.05, 0) is 43.4 Å². The van der Waals surface area contributed by atoms with Gasteiger partial charge < -0.3 is 15.8 Å². The van der Waals surface area contributed by atoms with E-state index in [1.54, 1.807) is 12.1 Å². The third kappa shape index (κ3) is 3.70. The van der Waals surface area contributed by atoms with Gasteiger partial charge in [0.1, 0.15) is 0 Å². The largest absolute Gasteiger partial charge is 0.494 e. The lowest BCUT2D eigenvalue weighted by Crippen LogP contribution is -2.31. The second kappa shape index (κ2) is 6.70. The zero-order valence-electron chi connectivity index (χ0n) is 11.7. The molecular weight excluding hydrogens is 259 g/mol. The van der Waals surface area contributed by atoms with E-state index in [1.807, 2.05) is 0 Å². The molecule has 0 bridgehead atoms. The van der Waals surface area contributed by atoms with Crippen LogP contribution in [0.5, 0.6) is 5.75 Å². The predicted molar refractivity (Wildman–Crippen MR) is 75.0 cm³/mol. The number of hydrogen-bond donors (Lipinski definition) is 2. The highest BCUT2D eigenvalue weighted by Crippen LogP contribution is 2.24. The van der Waals surface area contributed by atoms with Gasteiger partial charge in [-0.1, -0.05) is 6.07 Å². The van der Waals surface area contributed by atoms with Gasteiger partial charge in [0.15, 0.2) is 11.6 Å². The molecule has 0 aliphatic heterocycles. The number of carbonyl (C=O) groups excluding carboxylic acids is 1. The van der Waals surface area contributed by atoms with E-state index in [2.05, 4.69) is 5.32 Å². The Morgan fingerprint density at radius 2 is 2.30 bits per heavy atom. The van der Waals surface area contributed by atoms with Gasteiger partial charge in [-0.2, -0.15) is 0 Å². The normalized spacial score (nSPS) is 21.8. The quantitative estimate of drug-likeness (QED) is 0.861. The fraction of sp³-hybridized carbons (Fsp3) is 0.533. The molecule has 5 heteroatoms. The van der Waals surface area contributed by atoms with E-state index in [0.29, 0.717) is 13.0 Å². The highest BCUT2D eigenvalue weighted by Gasteiger charge is 2.27. The number of benzene rings is 1. The first-order chi connectivity index (χ1) is 9.60. The highest BCUT2D eigenvalue weighted by molar-refractivity contribution is 5.79. The van der Waals surface area contributed by atoms with Crippen LogP contribution in [0.3, 0.4) is 0 Å². The monoisotopic (exact) mass is 280 g/mol. The molecule has 2 unspecified atom stereocenters. The summed E-state index contributed by atoms with van der Waals surface area (Å²) in [5.41, 5.74) is 6.63. The molecule has 1 fully saturated rings. The number of methoxy groups -OCH3 is 1. The summed E-state index contributed by atoms with van der Waals surface area (Å²) in [7, 11) is 1.44. The number of amides is 1. The molecule has 4 nitrogen and oxygen atoms in total. The molecule has 2 rings (SSSR count). The molecule has 1 aliphatic rings. The van der Waals surface area contributed by atoms with Crippen LogP contribution in [0.1, 0.15) is 24.8 Å². The molecule has 0 spiro atoms. The smallest absolute Gasteiger partial charge is 0.223 e. The zero-order chi connectivity index (χ0) is 14.5. The van der Waals surface area contributed by atoms with Gasteiger partial charge in [0, 0.05) is 18.5 Å². The number of hydrogen-bond acceptors (Lipinski definition) is 3. The standard InChI is InChI=1S/C15H21FN2O2/c1-20-14-5-2-10(8-13(14)16)6-7-18-15(19)11-3-4-12(17)9-11/h2,5,8,11-12H,3-4,6-7,9,17H2,1H3,(H,18,19). The average Bonchev–Trinajstić information content (AvgIpc) is 2.85. The number of rotatable bonds is 5. The van der Waals surface area contributed by atoms with Gasteiger partial charge in [-0.15, -0.1) is 0 Å². The Morgan fingerprint density at radius 3 is 2.90 bits per heavy atom. The van der Waals surface area contributed by atoms with Crippen molar-refractivity contribution in [2.24, 2.45) is 11.7 Å². The molecule has 2 atom stereocenters. The maximum absolute atomic E-state index is 13.5. The van der Waals surface area contributed by atoms with Crippen LogP contribution in [0, 0.1) is 11.7 Å². The van der Waals surface area contributed by atoms with Gasteiger partial charge in [-0.3, -0.25) is 4.79 Å². The first kappa shape index (κ1) is 14.8. The highest BCUT2D eigenvalue weighted by atomic mass is 19.1. The van der Waals surface area contributed by atoms with E-state index in [4.69, 9.17) is 10.5 Å². The minimum absolute atomic E-state index is 0.0394. The summed E-state index contributed by atoms with van der Waals surface area (Å²) in [4.78, 5) is 11.9. The molecule has 20 heavy (non-hydrogen) atoms. The summed E-state index contributed by atoms with van der Waals surface area (Å²) >= 11 is 0. The average molecular weight is 280 g/mol. The van der Waals surface area contributed by atoms with Crippen molar-refractivity contribution in [1.29, 1.82) is 0 Å². The van der Waals surface area contributed by atoms with Crippen molar-refractivity contribution in [1.82, 2.24) is 5.32 Å². The molecule has 110 valence electrons. The maximum atomic E-state index is 13.5. The summed E-state index contributed by atoms with van der Waals surface area (Å²) in [6.45, 7) is 0.510.